The van der Waals surface area contributed by atoms with Crippen molar-refractivity contribution in [2.75, 3.05) is 0 Å². The van der Waals surface area contributed by atoms with Gasteiger partial charge in [-0.05, 0) is 38.2 Å². The molecule has 1 aromatic rings. The second-order valence-electron chi connectivity index (χ2n) is 10.4. The molecule has 3 amide bonds. The van der Waals surface area contributed by atoms with Gasteiger partial charge in [-0.3, -0.25) is 14.4 Å². The summed E-state index contributed by atoms with van der Waals surface area (Å²) in [5.74, 6) is -1.72. The molecule has 6 rings (SSSR count). The molecule has 33 heavy (non-hydrogen) atoms. The summed E-state index contributed by atoms with van der Waals surface area (Å²) >= 11 is 0. The topological polar surface area (TPSA) is 87.7 Å². The van der Waals surface area contributed by atoms with Crippen molar-refractivity contribution >= 4 is 17.7 Å². The molecule has 1 aromatic carbocycles. The lowest BCUT2D eigenvalue weighted by Crippen LogP contribution is -2.55. The summed E-state index contributed by atoms with van der Waals surface area (Å²) < 4.78 is 6.38. The largest absolute Gasteiger partial charge is 0.359 e. The van der Waals surface area contributed by atoms with E-state index in [4.69, 9.17) is 4.74 Å². The molecule has 4 fully saturated rings. The summed E-state index contributed by atoms with van der Waals surface area (Å²) in [7, 11) is 0. The monoisotopic (exact) mass is 449 g/mol. The van der Waals surface area contributed by atoms with E-state index in [9.17, 15) is 14.4 Å². The van der Waals surface area contributed by atoms with Gasteiger partial charge in [0.2, 0.25) is 17.7 Å². The lowest BCUT2D eigenvalue weighted by molar-refractivity contribution is -0.142. The van der Waals surface area contributed by atoms with Crippen molar-refractivity contribution in [3.8, 4) is 0 Å². The van der Waals surface area contributed by atoms with Crippen LogP contribution in [0.15, 0.2) is 36.4 Å². The third-order valence-electron chi connectivity index (χ3n) is 8.02. The van der Waals surface area contributed by atoms with Gasteiger partial charge in [0.15, 0.2) is 0 Å². The predicted octanol–water partition coefficient (Wildman–Crippen LogP) is 1.98. The third-order valence-corrected chi connectivity index (χ3v) is 8.02. The number of benzene rings is 1. The molecule has 2 bridgehead atoms. The molecule has 7 nitrogen and oxygen atoms in total. The van der Waals surface area contributed by atoms with Gasteiger partial charge >= 0.3 is 0 Å². The number of aryl methyl sites for hydroxylation is 1. The quantitative estimate of drug-likeness (QED) is 0.650. The summed E-state index contributed by atoms with van der Waals surface area (Å²) in [6.45, 7) is 2.34. The van der Waals surface area contributed by atoms with E-state index in [1.165, 1.54) is 0 Å². The molecule has 2 aliphatic carbocycles. The Bertz CT molecular complexity index is 1010. The van der Waals surface area contributed by atoms with Crippen LogP contribution in [0.5, 0.6) is 0 Å². The van der Waals surface area contributed by atoms with Crippen LogP contribution in [0.2, 0.25) is 0 Å². The maximum atomic E-state index is 13.9. The fraction of sp³-hybridized carbons (Fsp3) is 0.577. The minimum Gasteiger partial charge on any atom is -0.359 e. The molecule has 7 heteroatoms. The van der Waals surface area contributed by atoms with Crippen LogP contribution in [-0.4, -0.2) is 52.5 Å². The van der Waals surface area contributed by atoms with Gasteiger partial charge in [-0.25, -0.2) is 0 Å². The summed E-state index contributed by atoms with van der Waals surface area (Å²) in [6, 6.07) is 7.57. The number of nitrogens with one attached hydrogen (secondary N) is 2. The average molecular weight is 450 g/mol. The Morgan fingerprint density at radius 2 is 1.70 bits per heavy atom. The maximum absolute atomic E-state index is 13.9. The van der Waals surface area contributed by atoms with Crippen LogP contribution in [0.4, 0.5) is 0 Å². The summed E-state index contributed by atoms with van der Waals surface area (Å²) in [4.78, 5) is 42.3. The fourth-order valence-corrected chi connectivity index (χ4v) is 6.20. The lowest BCUT2D eigenvalue weighted by Gasteiger charge is -2.33. The Balaban J connectivity index is 1.34. The van der Waals surface area contributed by atoms with Gasteiger partial charge < -0.3 is 20.3 Å². The number of carbonyl (C=O) groups excluding carboxylic acids is 3. The highest BCUT2D eigenvalue weighted by Gasteiger charge is 2.72. The van der Waals surface area contributed by atoms with Crippen LogP contribution in [-0.2, 0) is 25.7 Å². The zero-order valence-electron chi connectivity index (χ0n) is 19.0. The fourth-order valence-electron chi connectivity index (χ4n) is 6.20. The molecular formula is C26H31N3O4. The maximum Gasteiger partial charge on any atom is 0.246 e. The van der Waals surface area contributed by atoms with Crippen molar-refractivity contribution in [1.82, 2.24) is 15.5 Å². The highest BCUT2D eigenvalue weighted by atomic mass is 16.5. The van der Waals surface area contributed by atoms with Gasteiger partial charge in [0.05, 0.1) is 17.9 Å². The van der Waals surface area contributed by atoms with E-state index in [0.717, 1.165) is 49.7 Å². The Labute approximate surface area is 193 Å². The van der Waals surface area contributed by atoms with Crippen LogP contribution in [0.1, 0.15) is 49.7 Å². The molecule has 2 N–H and O–H groups in total. The van der Waals surface area contributed by atoms with E-state index < -0.39 is 29.6 Å². The number of ether oxygens (including phenoxy) is 1. The first-order chi connectivity index (χ1) is 16.0. The standard InChI is InChI=1S/C26H31N3O4/c1-15-6-8-16(9-7-15)14-29-22(24(31)28-17-4-2-3-5-17)26-13-12-19(33-26)20(21(26)25(29)32)23(30)27-18-10-11-18/h6-9,12-13,17-22H,2-5,10-11,14H2,1H3,(H,27,30)(H,28,31). The number of rotatable bonds is 6. The second kappa shape index (κ2) is 7.69. The Kier molecular flexibility index (Phi) is 4.87. The zero-order valence-corrected chi connectivity index (χ0v) is 19.0. The Morgan fingerprint density at radius 1 is 1.03 bits per heavy atom. The molecule has 3 aliphatic heterocycles. The SMILES string of the molecule is Cc1ccc(CN2C(=O)C3C(C(=O)NC4CC4)C4C=CC3(O4)C2C(=O)NC2CCCC2)cc1. The van der Waals surface area contributed by atoms with Crippen molar-refractivity contribution in [2.45, 2.75) is 81.8 Å². The van der Waals surface area contributed by atoms with Crippen LogP contribution in [0.25, 0.3) is 0 Å². The molecule has 5 unspecified atom stereocenters. The molecule has 0 aromatic heterocycles. The lowest BCUT2D eigenvalue weighted by atomic mass is 9.74. The van der Waals surface area contributed by atoms with Gasteiger partial charge in [0.25, 0.3) is 0 Å². The molecule has 174 valence electrons. The number of hydrogen-bond acceptors (Lipinski definition) is 4. The van der Waals surface area contributed by atoms with E-state index in [0.29, 0.717) is 6.54 Å². The van der Waals surface area contributed by atoms with Crippen molar-refractivity contribution in [2.24, 2.45) is 11.8 Å². The smallest absolute Gasteiger partial charge is 0.246 e. The first kappa shape index (κ1) is 20.9. The van der Waals surface area contributed by atoms with Gasteiger partial charge in [0, 0.05) is 18.6 Å². The molecule has 1 spiro atoms. The first-order valence-corrected chi connectivity index (χ1v) is 12.3. The second-order valence-corrected chi connectivity index (χ2v) is 10.4. The minimum absolute atomic E-state index is 0.126. The van der Waals surface area contributed by atoms with Crippen molar-refractivity contribution in [3.05, 3.63) is 47.5 Å². The molecule has 0 radical (unpaired) electrons. The zero-order chi connectivity index (χ0) is 22.7. The van der Waals surface area contributed by atoms with Crippen LogP contribution in [0.3, 0.4) is 0 Å². The van der Waals surface area contributed by atoms with Crippen molar-refractivity contribution in [3.63, 3.8) is 0 Å². The number of amides is 3. The molecule has 3 heterocycles. The minimum atomic E-state index is -1.08. The number of hydrogen-bond donors (Lipinski definition) is 2. The number of fused-ring (bicyclic) bond motifs is 1. The average Bonchev–Trinajstić information content (AvgIpc) is 3.15. The summed E-state index contributed by atoms with van der Waals surface area (Å²) in [6.07, 6.45) is 9.42. The summed E-state index contributed by atoms with van der Waals surface area (Å²) in [5, 5.41) is 6.26. The van der Waals surface area contributed by atoms with E-state index >= 15 is 0 Å². The van der Waals surface area contributed by atoms with Gasteiger partial charge in [-0.2, -0.15) is 0 Å². The number of nitrogens with zero attached hydrogens (tertiary/aromatic N) is 1. The van der Waals surface area contributed by atoms with Crippen LogP contribution in [0, 0.1) is 18.8 Å². The predicted molar refractivity (Wildman–Crippen MR) is 121 cm³/mol. The van der Waals surface area contributed by atoms with Gasteiger partial charge in [-0.15, -0.1) is 0 Å². The molecule has 2 saturated heterocycles. The molecule has 5 atom stereocenters. The van der Waals surface area contributed by atoms with E-state index in [2.05, 4.69) is 10.6 Å². The van der Waals surface area contributed by atoms with Crippen LogP contribution < -0.4 is 10.6 Å². The molecular weight excluding hydrogens is 418 g/mol. The summed E-state index contributed by atoms with van der Waals surface area (Å²) in [5.41, 5.74) is 1.02. The molecule has 2 saturated carbocycles. The van der Waals surface area contributed by atoms with E-state index in [1.807, 2.05) is 43.3 Å². The van der Waals surface area contributed by atoms with Gasteiger partial charge in [-0.1, -0.05) is 54.8 Å². The highest BCUT2D eigenvalue weighted by Crippen LogP contribution is 2.55. The Morgan fingerprint density at radius 3 is 2.39 bits per heavy atom. The first-order valence-electron chi connectivity index (χ1n) is 12.3. The van der Waals surface area contributed by atoms with Crippen LogP contribution >= 0.6 is 0 Å². The van der Waals surface area contributed by atoms with E-state index in [1.54, 1.807) is 4.90 Å². The number of carbonyl (C=O) groups is 3. The van der Waals surface area contributed by atoms with Gasteiger partial charge in [0.1, 0.15) is 11.6 Å². The van der Waals surface area contributed by atoms with Crippen molar-refractivity contribution < 1.29 is 19.1 Å². The Hall–Kier alpha value is -2.67. The number of likely N-dealkylation sites (tertiary alicyclic amines) is 1. The molecule has 5 aliphatic rings. The normalized spacial score (nSPS) is 34.7. The highest BCUT2D eigenvalue weighted by molar-refractivity contribution is 6.00. The van der Waals surface area contributed by atoms with Crippen molar-refractivity contribution in [1.29, 1.82) is 0 Å². The van der Waals surface area contributed by atoms with E-state index in [-0.39, 0.29) is 29.8 Å². The third kappa shape index (κ3) is 3.39.